The summed E-state index contributed by atoms with van der Waals surface area (Å²) in [6, 6.07) is 4.93. The zero-order valence-corrected chi connectivity index (χ0v) is 11.0. The predicted octanol–water partition coefficient (Wildman–Crippen LogP) is 3.29. The van der Waals surface area contributed by atoms with Crippen LogP contribution >= 0.6 is 23.4 Å². The molecule has 0 spiro atoms. The van der Waals surface area contributed by atoms with Crippen LogP contribution in [0.15, 0.2) is 40.6 Å². The van der Waals surface area contributed by atoms with Crippen LogP contribution in [0, 0.1) is 6.92 Å². The standard InChI is InChI=1S/C12H9ClN2O2S/c1-7-5-14-12(15-6-7)18-9-4-2-3-8(13)10(9)11(16)17/h2-6H,1H3,(H,16,17). The van der Waals surface area contributed by atoms with Crippen molar-refractivity contribution in [2.75, 3.05) is 0 Å². The van der Waals surface area contributed by atoms with E-state index in [0.29, 0.717) is 10.1 Å². The molecule has 0 aliphatic heterocycles. The molecule has 0 fully saturated rings. The van der Waals surface area contributed by atoms with Gasteiger partial charge in [-0.1, -0.05) is 17.7 Å². The normalized spacial score (nSPS) is 10.3. The van der Waals surface area contributed by atoms with Crippen LogP contribution in [0.25, 0.3) is 0 Å². The Hall–Kier alpha value is -1.59. The van der Waals surface area contributed by atoms with E-state index in [1.807, 2.05) is 6.92 Å². The minimum Gasteiger partial charge on any atom is -0.478 e. The Kier molecular flexibility index (Phi) is 3.84. The molecule has 0 atom stereocenters. The maximum absolute atomic E-state index is 11.1. The second-order valence-corrected chi connectivity index (χ2v) is 4.98. The van der Waals surface area contributed by atoms with Crippen molar-refractivity contribution >= 4 is 29.3 Å². The first-order valence-corrected chi connectivity index (χ1v) is 6.25. The number of benzene rings is 1. The van der Waals surface area contributed by atoms with Gasteiger partial charge in [-0.3, -0.25) is 0 Å². The number of hydrogen-bond donors (Lipinski definition) is 1. The van der Waals surface area contributed by atoms with Crippen molar-refractivity contribution in [3.05, 3.63) is 46.7 Å². The molecule has 0 saturated heterocycles. The van der Waals surface area contributed by atoms with E-state index in [1.165, 1.54) is 11.8 Å². The molecule has 0 amide bonds. The van der Waals surface area contributed by atoms with E-state index in [2.05, 4.69) is 9.97 Å². The summed E-state index contributed by atoms with van der Waals surface area (Å²) in [5.41, 5.74) is 1.03. The van der Waals surface area contributed by atoms with Crippen LogP contribution in [0.2, 0.25) is 5.02 Å². The molecule has 2 aromatic rings. The molecule has 0 aliphatic carbocycles. The SMILES string of the molecule is Cc1cnc(Sc2cccc(Cl)c2C(=O)O)nc1. The van der Waals surface area contributed by atoms with Crippen LogP contribution in [0.5, 0.6) is 0 Å². The number of rotatable bonds is 3. The van der Waals surface area contributed by atoms with Crippen molar-refractivity contribution in [1.29, 1.82) is 0 Å². The molecular formula is C12H9ClN2O2S. The van der Waals surface area contributed by atoms with Gasteiger partial charge in [-0.05, 0) is 36.4 Å². The maximum atomic E-state index is 11.1. The molecule has 0 saturated carbocycles. The number of aryl methyl sites for hydroxylation is 1. The van der Waals surface area contributed by atoms with Crippen molar-refractivity contribution in [3.8, 4) is 0 Å². The van der Waals surface area contributed by atoms with E-state index in [4.69, 9.17) is 16.7 Å². The Bertz CT molecular complexity index is 587. The highest BCUT2D eigenvalue weighted by molar-refractivity contribution is 7.99. The molecule has 1 N–H and O–H groups in total. The summed E-state index contributed by atoms with van der Waals surface area (Å²) >= 11 is 7.06. The molecule has 0 unspecified atom stereocenters. The number of aromatic carboxylic acids is 1. The van der Waals surface area contributed by atoms with Gasteiger partial charge >= 0.3 is 5.97 Å². The van der Waals surface area contributed by atoms with Crippen molar-refractivity contribution in [1.82, 2.24) is 9.97 Å². The van der Waals surface area contributed by atoms with Gasteiger partial charge in [0.1, 0.15) is 0 Å². The lowest BCUT2D eigenvalue weighted by molar-refractivity contribution is 0.0693. The number of carboxylic acid groups (broad SMARTS) is 1. The molecule has 92 valence electrons. The van der Waals surface area contributed by atoms with Gasteiger partial charge in [0.05, 0.1) is 10.6 Å². The first-order chi connectivity index (χ1) is 8.58. The highest BCUT2D eigenvalue weighted by atomic mass is 35.5. The molecule has 0 bridgehead atoms. The number of aromatic nitrogens is 2. The number of hydrogen-bond acceptors (Lipinski definition) is 4. The van der Waals surface area contributed by atoms with E-state index in [-0.39, 0.29) is 10.6 Å². The third-order valence-electron chi connectivity index (χ3n) is 2.15. The van der Waals surface area contributed by atoms with Gasteiger partial charge in [0.15, 0.2) is 5.16 Å². The highest BCUT2D eigenvalue weighted by Gasteiger charge is 2.15. The van der Waals surface area contributed by atoms with Crippen molar-refractivity contribution in [2.45, 2.75) is 17.0 Å². The fourth-order valence-electron chi connectivity index (χ4n) is 1.33. The smallest absolute Gasteiger partial charge is 0.338 e. The van der Waals surface area contributed by atoms with Crippen LogP contribution in [0.1, 0.15) is 15.9 Å². The Balaban J connectivity index is 2.37. The monoisotopic (exact) mass is 280 g/mol. The fraction of sp³-hybridized carbons (Fsp3) is 0.0833. The molecule has 1 aromatic heterocycles. The highest BCUT2D eigenvalue weighted by Crippen LogP contribution is 2.31. The van der Waals surface area contributed by atoms with Crippen LogP contribution in [0.3, 0.4) is 0 Å². The predicted molar refractivity (Wildman–Crippen MR) is 69.3 cm³/mol. The van der Waals surface area contributed by atoms with Crippen molar-refractivity contribution in [2.24, 2.45) is 0 Å². The largest absolute Gasteiger partial charge is 0.478 e. The quantitative estimate of drug-likeness (QED) is 0.874. The molecular weight excluding hydrogens is 272 g/mol. The van der Waals surface area contributed by atoms with E-state index in [9.17, 15) is 4.79 Å². The van der Waals surface area contributed by atoms with Crippen molar-refractivity contribution < 1.29 is 9.90 Å². The summed E-state index contributed by atoms with van der Waals surface area (Å²) in [5.74, 6) is -1.06. The summed E-state index contributed by atoms with van der Waals surface area (Å²) in [6.45, 7) is 1.89. The van der Waals surface area contributed by atoms with E-state index in [0.717, 1.165) is 5.56 Å². The van der Waals surface area contributed by atoms with E-state index < -0.39 is 5.97 Å². The number of carbonyl (C=O) groups is 1. The Morgan fingerprint density at radius 3 is 2.61 bits per heavy atom. The first-order valence-electron chi connectivity index (χ1n) is 5.06. The first kappa shape index (κ1) is 12.9. The lowest BCUT2D eigenvalue weighted by atomic mass is 10.2. The Labute approximate surface area is 113 Å². The zero-order valence-electron chi connectivity index (χ0n) is 9.42. The van der Waals surface area contributed by atoms with Gasteiger partial charge in [-0.25, -0.2) is 14.8 Å². The average Bonchev–Trinajstić information content (AvgIpc) is 2.32. The lowest BCUT2D eigenvalue weighted by Crippen LogP contribution is -2.00. The fourth-order valence-corrected chi connectivity index (χ4v) is 2.49. The molecule has 0 aliphatic rings. The minimum atomic E-state index is -1.06. The third-order valence-corrected chi connectivity index (χ3v) is 3.42. The number of nitrogens with zero attached hydrogens (tertiary/aromatic N) is 2. The molecule has 4 nitrogen and oxygen atoms in total. The van der Waals surface area contributed by atoms with Gasteiger partial charge in [-0.15, -0.1) is 0 Å². The summed E-state index contributed by atoms with van der Waals surface area (Å²) in [5, 5.41) is 9.83. The van der Waals surface area contributed by atoms with Gasteiger partial charge in [0.2, 0.25) is 0 Å². The molecule has 6 heteroatoms. The van der Waals surface area contributed by atoms with Gasteiger partial charge in [0.25, 0.3) is 0 Å². The van der Waals surface area contributed by atoms with E-state index in [1.54, 1.807) is 30.6 Å². The summed E-state index contributed by atoms with van der Waals surface area (Å²) in [4.78, 5) is 19.9. The minimum absolute atomic E-state index is 0.0772. The third kappa shape index (κ3) is 2.80. The topological polar surface area (TPSA) is 63.1 Å². The summed E-state index contributed by atoms with van der Waals surface area (Å²) in [6.07, 6.45) is 3.36. The average molecular weight is 281 g/mol. The second-order valence-electron chi connectivity index (χ2n) is 3.56. The van der Waals surface area contributed by atoms with E-state index >= 15 is 0 Å². The summed E-state index contributed by atoms with van der Waals surface area (Å²) < 4.78 is 0. The second kappa shape index (κ2) is 5.37. The van der Waals surface area contributed by atoms with Crippen LogP contribution in [0.4, 0.5) is 0 Å². The zero-order chi connectivity index (χ0) is 13.1. The van der Waals surface area contributed by atoms with Gasteiger partial charge < -0.3 is 5.11 Å². The van der Waals surface area contributed by atoms with Crippen molar-refractivity contribution in [3.63, 3.8) is 0 Å². The van der Waals surface area contributed by atoms with Gasteiger partial charge in [-0.2, -0.15) is 0 Å². The van der Waals surface area contributed by atoms with Gasteiger partial charge in [0, 0.05) is 17.3 Å². The van der Waals surface area contributed by atoms with Crippen LogP contribution in [-0.4, -0.2) is 21.0 Å². The van der Waals surface area contributed by atoms with Crippen LogP contribution < -0.4 is 0 Å². The Morgan fingerprint density at radius 1 is 1.33 bits per heavy atom. The maximum Gasteiger partial charge on any atom is 0.338 e. The molecule has 1 heterocycles. The molecule has 0 radical (unpaired) electrons. The van der Waals surface area contributed by atoms with Crippen LogP contribution in [-0.2, 0) is 0 Å². The molecule has 18 heavy (non-hydrogen) atoms. The Morgan fingerprint density at radius 2 is 2.00 bits per heavy atom. The number of halogens is 1. The number of carboxylic acids is 1. The molecule has 2 rings (SSSR count). The molecule has 1 aromatic carbocycles. The summed E-state index contributed by atoms with van der Waals surface area (Å²) in [7, 11) is 0. The lowest BCUT2D eigenvalue weighted by Gasteiger charge is -2.06.